The lowest BCUT2D eigenvalue weighted by atomic mass is 9.89. The van der Waals surface area contributed by atoms with E-state index in [1.54, 1.807) is 0 Å². The van der Waals surface area contributed by atoms with Crippen molar-refractivity contribution in [2.24, 2.45) is 0 Å². The molecule has 0 aromatic carbocycles. The minimum atomic E-state index is -0.0317. The molecule has 13 heavy (non-hydrogen) atoms. The van der Waals surface area contributed by atoms with Crippen LogP contribution < -0.4 is 10.6 Å². The van der Waals surface area contributed by atoms with E-state index in [2.05, 4.69) is 17.6 Å². The largest absolute Gasteiger partial charge is 0.337 e. The normalized spacial score (nSPS) is 32.1. The van der Waals surface area contributed by atoms with Gasteiger partial charge in [-0.1, -0.05) is 13.3 Å². The first-order chi connectivity index (χ1) is 6.26. The van der Waals surface area contributed by atoms with Crippen LogP contribution in [0.5, 0.6) is 0 Å². The maximum Gasteiger partial charge on any atom is 0.238 e. The lowest BCUT2D eigenvalue weighted by Crippen LogP contribution is -2.51. The standard InChI is InChI=1S/C10H18N2O/c1-2-8-9(13)12-10(11-8)6-4-3-5-7-10/h8,11H,2-7H2,1H3,(H,12,13). The van der Waals surface area contributed by atoms with Crippen molar-refractivity contribution in [3.8, 4) is 0 Å². The highest BCUT2D eigenvalue weighted by Crippen LogP contribution is 2.29. The van der Waals surface area contributed by atoms with Gasteiger partial charge in [-0.05, 0) is 32.1 Å². The Hall–Kier alpha value is -0.570. The van der Waals surface area contributed by atoms with E-state index in [1.807, 2.05) is 0 Å². The van der Waals surface area contributed by atoms with Gasteiger partial charge in [-0.2, -0.15) is 0 Å². The fourth-order valence-electron chi connectivity index (χ4n) is 2.47. The second-order valence-corrected chi connectivity index (χ2v) is 4.24. The summed E-state index contributed by atoms with van der Waals surface area (Å²) < 4.78 is 0. The van der Waals surface area contributed by atoms with Gasteiger partial charge in [-0.15, -0.1) is 0 Å². The van der Waals surface area contributed by atoms with Crippen molar-refractivity contribution >= 4 is 5.91 Å². The van der Waals surface area contributed by atoms with Crippen LogP contribution in [0.3, 0.4) is 0 Å². The lowest BCUT2D eigenvalue weighted by Gasteiger charge is -2.33. The highest BCUT2D eigenvalue weighted by atomic mass is 16.2. The van der Waals surface area contributed by atoms with Gasteiger partial charge in [0.15, 0.2) is 0 Å². The Morgan fingerprint density at radius 3 is 2.62 bits per heavy atom. The van der Waals surface area contributed by atoms with Crippen LogP contribution in [0, 0.1) is 0 Å². The summed E-state index contributed by atoms with van der Waals surface area (Å²) in [5, 5.41) is 6.57. The third-order valence-corrected chi connectivity index (χ3v) is 3.24. The molecule has 0 bridgehead atoms. The van der Waals surface area contributed by atoms with Gasteiger partial charge in [0.25, 0.3) is 0 Å². The molecule has 0 radical (unpaired) electrons. The summed E-state index contributed by atoms with van der Waals surface area (Å²) in [5.74, 6) is 0.199. The zero-order chi connectivity index (χ0) is 9.31. The molecule has 1 saturated carbocycles. The summed E-state index contributed by atoms with van der Waals surface area (Å²) in [4.78, 5) is 11.5. The monoisotopic (exact) mass is 182 g/mol. The van der Waals surface area contributed by atoms with Crippen molar-refractivity contribution in [1.29, 1.82) is 0 Å². The van der Waals surface area contributed by atoms with Crippen molar-refractivity contribution in [2.45, 2.75) is 57.2 Å². The van der Waals surface area contributed by atoms with Crippen molar-refractivity contribution in [3.63, 3.8) is 0 Å². The molecule has 1 spiro atoms. The summed E-state index contributed by atoms with van der Waals surface area (Å²) in [6, 6.07) is 0.0538. The number of amides is 1. The third kappa shape index (κ3) is 1.57. The maximum atomic E-state index is 11.5. The zero-order valence-corrected chi connectivity index (χ0v) is 8.23. The van der Waals surface area contributed by atoms with E-state index >= 15 is 0 Å². The fraction of sp³-hybridized carbons (Fsp3) is 0.900. The van der Waals surface area contributed by atoms with Gasteiger partial charge in [-0.3, -0.25) is 10.1 Å². The molecule has 0 aromatic heterocycles. The van der Waals surface area contributed by atoms with Gasteiger partial charge < -0.3 is 5.32 Å². The van der Waals surface area contributed by atoms with Crippen LogP contribution in [0.1, 0.15) is 45.4 Å². The van der Waals surface area contributed by atoms with Crippen molar-refractivity contribution < 1.29 is 4.79 Å². The molecule has 2 rings (SSSR count). The molecule has 3 nitrogen and oxygen atoms in total. The van der Waals surface area contributed by atoms with Crippen LogP contribution in [-0.2, 0) is 4.79 Å². The number of nitrogens with one attached hydrogen (secondary N) is 2. The maximum absolute atomic E-state index is 11.5. The molecule has 0 aromatic rings. The molecule has 1 atom stereocenters. The Bertz CT molecular complexity index is 209. The fourth-order valence-corrected chi connectivity index (χ4v) is 2.47. The van der Waals surface area contributed by atoms with E-state index < -0.39 is 0 Å². The highest BCUT2D eigenvalue weighted by Gasteiger charge is 2.42. The predicted octanol–water partition coefficient (Wildman–Crippen LogP) is 1.14. The van der Waals surface area contributed by atoms with E-state index in [0.29, 0.717) is 0 Å². The van der Waals surface area contributed by atoms with Crippen LogP contribution in [0.25, 0.3) is 0 Å². The van der Waals surface area contributed by atoms with Crippen LogP contribution in [0.4, 0.5) is 0 Å². The molecule has 2 aliphatic rings. The van der Waals surface area contributed by atoms with Gasteiger partial charge >= 0.3 is 0 Å². The number of hydrogen-bond donors (Lipinski definition) is 2. The first-order valence-corrected chi connectivity index (χ1v) is 5.35. The number of carbonyl (C=O) groups excluding carboxylic acids is 1. The minimum absolute atomic E-state index is 0.0317. The number of rotatable bonds is 1. The molecular weight excluding hydrogens is 164 g/mol. The predicted molar refractivity (Wildman–Crippen MR) is 51.2 cm³/mol. The second-order valence-electron chi connectivity index (χ2n) is 4.24. The molecule has 1 amide bonds. The second kappa shape index (κ2) is 3.29. The van der Waals surface area contributed by atoms with Gasteiger partial charge in [0.1, 0.15) is 0 Å². The molecule has 3 heteroatoms. The van der Waals surface area contributed by atoms with Crippen molar-refractivity contribution in [1.82, 2.24) is 10.6 Å². The Kier molecular flexibility index (Phi) is 2.28. The average Bonchev–Trinajstić information content (AvgIpc) is 2.44. The number of carbonyl (C=O) groups is 1. The molecule has 1 aliphatic carbocycles. The first-order valence-electron chi connectivity index (χ1n) is 5.35. The smallest absolute Gasteiger partial charge is 0.238 e. The Labute approximate surface area is 79.3 Å². The first kappa shape index (κ1) is 9.00. The van der Waals surface area contributed by atoms with E-state index in [4.69, 9.17) is 0 Å². The lowest BCUT2D eigenvalue weighted by molar-refractivity contribution is -0.121. The molecule has 74 valence electrons. The van der Waals surface area contributed by atoms with Crippen LogP contribution in [-0.4, -0.2) is 17.6 Å². The summed E-state index contributed by atoms with van der Waals surface area (Å²) in [6.45, 7) is 2.05. The summed E-state index contributed by atoms with van der Waals surface area (Å²) in [5.41, 5.74) is -0.0317. The summed E-state index contributed by atoms with van der Waals surface area (Å²) in [7, 11) is 0. The van der Waals surface area contributed by atoms with Crippen LogP contribution in [0.15, 0.2) is 0 Å². The van der Waals surface area contributed by atoms with Crippen molar-refractivity contribution in [2.75, 3.05) is 0 Å². The molecule has 1 heterocycles. The molecular formula is C10H18N2O. The summed E-state index contributed by atoms with van der Waals surface area (Å²) in [6.07, 6.45) is 6.90. The third-order valence-electron chi connectivity index (χ3n) is 3.24. The van der Waals surface area contributed by atoms with Gasteiger partial charge in [0.2, 0.25) is 5.91 Å². The average molecular weight is 182 g/mol. The SMILES string of the molecule is CCC1NC2(CCCCC2)NC1=O. The topological polar surface area (TPSA) is 41.1 Å². The Balaban J connectivity index is 2.05. The van der Waals surface area contributed by atoms with E-state index in [9.17, 15) is 4.79 Å². The van der Waals surface area contributed by atoms with Gasteiger partial charge in [0, 0.05) is 0 Å². The summed E-state index contributed by atoms with van der Waals surface area (Å²) >= 11 is 0. The van der Waals surface area contributed by atoms with E-state index in [-0.39, 0.29) is 17.6 Å². The quantitative estimate of drug-likeness (QED) is 0.638. The molecule has 2 N–H and O–H groups in total. The van der Waals surface area contributed by atoms with Crippen LogP contribution >= 0.6 is 0 Å². The Morgan fingerprint density at radius 2 is 2.08 bits per heavy atom. The minimum Gasteiger partial charge on any atom is -0.337 e. The van der Waals surface area contributed by atoms with Crippen molar-refractivity contribution in [3.05, 3.63) is 0 Å². The van der Waals surface area contributed by atoms with Gasteiger partial charge in [-0.25, -0.2) is 0 Å². The molecule has 2 fully saturated rings. The number of hydrogen-bond acceptors (Lipinski definition) is 2. The zero-order valence-electron chi connectivity index (χ0n) is 8.23. The molecule has 1 saturated heterocycles. The van der Waals surface area contributed by atoms with E-state index in [1.165, 1.54) is 19.3 Å². The Morgan fingerprint density at radius 1 is 1.38 bits per heavy atom. The van der Waals surface area contributed by atoms with E-state index in [0.717, 1.165) is 19.3 Å². The van der Waals surface area contributed by atoms with Gasteiger partial charge in [0.05, 0.1) is 11.7 Å². The molecule has 1 unspecified atom stereocenters. The highest BCUT2D eigenvalue weighted by molar-refractivity contribution is 5.84. The van der Waals surface area contributed by atoms with Crippen LogP contribution in [0.2, 0.25) is 0 Å². The molecule has 1 aliphatic heterocycles.